The molecule has 0 saturated carbocycles. The quantitative estimate of drug-likeness (QED) is 0.638. The van der Waals surface area contributed by atoms with Gasteiger partial charge in [-0.05, 0) is 61.8 Å². The van der Waals surface area contributed by atoms with Gasteiger partial charge in [0, 0.05) is 0 Å². The van der Waals surface area contributed by atoms with Gasteiger partial charge < -0.3 is 9.31 Å². The first-order chi connectivity index (χ1) is 10.4. The van der Waals surface area contributed by atoms with Gasteiger partial charge in [-0.25, -0.2) is 0 Å². The zero-order valence-electron chi connectivity index (χ0n) is 13.6. The normalized spacial score (nSPS) is 20.8. The summed E-state index contributed by atoms with van der Waals surface area (Å²) < 4.78 is 12.5. The van der Waals surface area contributed by atoms with Gasteiger partial charge in [0.2, 0.25) is 0 Å². The standard InChI is InChI=1S/C19H21BO2/c1-18(2)19(3,4)22-20(21-18)17-11-7-10-15-14-9-6-5-8-13(14)12-16(15)17/h5-11H,12H2,1-4H3. The Hall–Kier alpha value is -1.58. The molecule has 22 heavy (non-hydrogen) atoms. The molecule has 2 aromatic rings. The van der Waals surface area contributed by atoms with E-state index in [1.165, 1.54) is 27.7 Å². The highest BCUT2D eigenvalue weighted by atomic mass is 16.7. The minimum atomic E-state index is -0.300. The first-order valence-corrected chi connectivity index (χ1v) is 7.95. The van der Waals surface area contributed by atoms with E-state index in [1.807, 2.05) is 0 Å². The van der Waals surface area contributed by atoms with Crippen molar-refractivity contribution < 1.29 is 9.31 Å². The molecule has 0 bridgehead atoms. The van der Waals surface area contributed by atoms with Crippen LogP contribution < -0.4 is 5.46 Å². The van der Waals surface area contributed by atoms with Crippen LogP contribution >= 0.6 is 0 Å². The van der Waals surface area contributed by atoms with Gasteiger partial charge in [-0.3, -0.25) is 0 Å². The SMILES string of the molecule is CC1(C)OB(c2cccc3c2Cc2ccccc2-3)OC1(C)C. The number of hydrogen-bond acceptors (Lipinski definition) is 2. The third-order valence-electron chi connectivity index (χ3n) is 5.39. The second kappa shape index (κ2) is 4.47. The molecule has 0 aromatic heterocycles. The maximum absolute atomic E-state index is 6.25. The Labute approximate surface area is 132 Å². The van der Waals surface area contributed by atoms with Crippen molar-refractivity contribution in [2.45, 2.75) is 45.3 Å². The lowest BCUT2D eigenvalue weighted by Crippen LogP contribution is -2.41. The molecular weight excluding hydrogens is 271 g/mol. The van der Waals surface area contributed by atoms with E-state index in [0.717, 1.165) is 6.42 Å². The molecule has 0 spiro atoms. The number of hydrogen-bond donors (Lipinski definition) is 0. The third-order valence-corrected chi connectivity index (χ3v) is 5.39. The van der Waals surface area contributed by atoms with Crippen molar-refractivity contribution in [3.8, 4) is 11.1 Å². The van der Waals surface area contributed by atoms with E-state index in [9.17, 15) is 0 Å². The summed E-state index contributed by atoms with van der Waals surface area (Å²) in [5.41, 5.74) is 5.98. The van der Waals surface area contributed by atoms with Crippen LogP contribution in [0.4, 0.5) is 0 Å². The first-order valence-electron chi connectivity index (χ1n) is 7.95. The molecule has 1 aliphatic carbocycles. The Morgan fingerprint density at radius 1 is 0.818 bits per heavy atom. The summed E-state index contributed by atoms with van der Waals surface area (Å²) in [6.45, 7) is 8.41. The van der Waals surface area contributed by atoms with E-state index in [1.54, 1.807) is 0 Å². The maximum atomic E-state index is 6.25. The van der Waals surface area contributed by atoms with Gasteiger partial charge in [-0.15, -0.1) is 0 Å². The number of fused-ring (bicyclic) bond motifs is 3. The van der Waals surface area contributed by atoms with Crippen molar-refractivity contribution in [3.63, 3.8) is 0 Å². The molecular formula is C19H21BO2. The second-order valence-corrected chi connectivity index (χ2v) is 7.30. The van der Waals surface area contributed by atoms with Crippen LogP contribution in [-0.4, -0.2) is 18.3 Å². The fourth-order valence-corrected chi connectivity index (χ4v) is 3.37. The minimum absolute atomic E-state index is 0.283. The van der Waals surface area contributed by atoms with Gasteiger partial charge in [0.1, 0.15) is 0 Å². The van der Waals surface area contributed by atoms with Crippen LogP contribution in [0.2, 0.25) is 0 Å². The summed E-state index contributed by atoms with van der Waals surface area (Å²) in [5, 5.41) is 0. The molecule has 2 aliphatic rings. The average Bonchev–Trinajstić information content (AvgIpc) is 2.93. The predicted molar refractivity (Wildman–Crippen MR) is 90.4 cm³/mol. The summed E-state index contributed by atoms with van der Waals surface area (Å²) in [5.74, 6) is 0. The van der Waals surface area contributed by atoms with Crippen molar-refractivity contribution in [3.05, 3.63) is 53.6 Å². The zero-order valence-corrected chi connectivity index (χ0v) is 13.6. The molecule has 3 heteroatoms. The lowest BCUT2D eigenvalue weighted by atomic mass is 9.74. The molecule has 1 heterocycles. The zero-order chi connectivity index (χ0) is 15.5. The largest absolute Gasteiger partial charge is 0.495 e. The topological polar surface area (TPSA) is 18.5 Å². The van der Waals surface area contributed by atoms with Crippen molar-refractivity contribution in [2.24, 2.45) is 0 Å². The van der Waals surface area contributed by atoms with Crippen LogP contribution in [0.25, 0.3) is 11.1 Å². The minimum Gasteiger partial charge on any atom is -0.399 e. The molecule has 112 valence electrons. The molecule has 0 unspecified atom stereocenters. The van der Waals surface area contributed by atoms with E-state index in [4.69, 9.17) is 9.31 Å². The average molecular weight is 292 g/mol. The van der Waals surface area contributed by atoms with Crippen LogP contribution in [0.15, 0.2) is 42.5 Å². The van der Waals surface area contributed by atoms with Crippen LogP contribution in [0.1, 0.15) is 38.8 Å². The molecule has 0 radical (unpaired) electrons. The van der Waals surface area contributed by atoms with Crippen LogP contribution in [-0.2, 0) is 15.7 Å². The molecule has 0 atom stereocenters. The highest BCUT2D eigenvalue weighted by Crippen LogP contribution is 2.39. The van der Waals surface area contributed by atoms with Gasteiger partial charge in [-0.1, -0.05) is 42.5 Å². The fraction of sp³-hybridized carbons (Fsp3) is 0.368. The first kappa shape index (κ1) is 14.0. The van der Waals surface area contributed by atoms with Gasteiger partial charge in [-0.2, -0.15) is 0 Å². The van der Waals surface area contributed by atoms with E-state index in [0.29, 0.717) is 0 Å². The van der Waals surface area contributed by atoms with Gasteiger partial charge in [0.15, 0.2) is 0 Å². The highest BCUT2D eigenvalue weighted by Gasteiger charge is 2.52. The predicted octanol–water partition coefficient (Wildman–Crippen LogP) is 3.56. The number of benzene rings is 2. The summed E-state index contributed by atoms with van der Waals surface area (Å²) in [6, 6.07) is 15.1. The van der Waals surface area contributed by atoms with E-state index < -0.39 is 0 Å². The lowest BCUT2D eigenvalue weighted by molar-refractivity contribution is 0.00578. The maximum Gasteiger partial charge on any atom is 0.495 e. The Bertz CT molecular complexity index is 733. The Morgan fingerprint density at radius 3 is 2.18 bits per heavy atom. The second-order valence-electron chi connectivity index (χ2n) is 7.30. The molecule has 4 rings (SSSR count). The molecule has 1 saturated heterocycles. The summed E-state index contributed by atoms with van der Waals surface area (Å²) in [7, 11) is -0.283. The van der Waals surface area contributed by atoms with Crippen LogP contribution in [0.5, 0.6) is 0 Å². The van der Waals surface area contributed by atoms with Crippen molar-refractivity contribution in [2.75, 3.05) is 0 Å². The van der Waals surface area contributed by atoms with Crippen LogP contribution in [0.3, 0.4) is 0 Å². The smallest absolute Gasteiger partial charge is 0.399 e. The Morgan fingerprint density at radius 2 is 1.45 bits per heavy atom. The van der Waals surface area contributed by atoms with Gasteiger partial charge in [0.25, 0.3) is 0 Å². The third kappa shape index (κ3) is 1.89. The summed E-state index contributed by atoms with van der Waals surface area (Å²) >= 11 is 0. The van der Waals surface area contributed by atoms with E-state index in [2.05, 4.69) is 70.2 Å². The van der Waals surface area contributed by atoms with E-state index >= 15 is 0 Å². The van der Waals surface area contributed by atoms with E-state index in [-0.39, 0.29) is 18.3 Å². The van der Waals surface area contributed by atoms with Crippen molar-refractivity contribution in [1.82, 2.24) is 0 Å². The molecule has 1 aliphatic heterocycles. The van der Waals surface area contributed by atoms with Gasteiger partial charge >= 0.3 is 7.12 Å². The highest BCUT2D eigenvalue weighted by molar-refractivity contribution is 6.63. The molecule has 1 fully saturated rings. The van der Waals surface area contributed by atoms with Crippen molar-refractivity contribution >= 4 is 12.6 Å². The number of rotatable bonds is 1. The summed E-state index contributed by atoms with van der Waals surface area (Å²) in [6.07, 6.45) is 0.964. The Kier molecular flexibility index (Phi) is 2.85. The lowest BCUT2D eigenvalue weighted by Gasteiger charge is -2.32. The molecule has 2 aromatic carbocycles. The Balaban J connectivity index is 1.78. The van der Waals surface area contributed by atoms with Crippen LogP contribution in [0, 0.1) is 0 Å². The fourth-order valence-electron chi connectivity index (χ4n) is 3.37. The molecule has 0 amide bonds. The monoisotopic (exact) mass is 292 g/mol. The summed E-state index contributed by atoms with van der Waals surface area (Å²) in [4.78, 5) is 0. The van der Waals surface area contributed by atoms with Crippen molar-refractivity contribution in [1.29, 1.82) is 0 Å². The molecule has 0 N–H and O–H groups in total. The van der Waals surface area contributed by atoms with Gasteiger partial charge in [0.05, 0.1) is 11.2 Å². The molecule has 2 nitrogen and oxygen atoms in total.